The van der Waals surface area contributed by atoms with Gasteiger partial charge in [0, 0.05) is 11.6 Å². The molecule has 0 spiro atoms. The van der Waals surface area contributed by atoms with Crippen LogP contribution < -0.4 is 14.9 Å². The molecule has 1 aromatic carbocycles. The molecule has 20 heavy (non-hydrogen) atoms. The summed E-state index contributed by atoms with van der Waals surface area (Å²) in [6.07, 6.45) is 2.91. The van der Waals surface area contributed by atoms with Crippen LogP contribution in [0.4, 0.5) is 0 Å². The van der Waals surface area contributed by atoms with Gasteiger partial charge in [-0.3, -0.25) is 4.79 Å². The van der Waals surface area contributed by atoms with Gasteiger partial charge in [-0.15, -0.1) is 0 Å². The van der Waals surface area contributed by atoms with Crippen molar-refractivity contribution in [3.63, 3.8) is 0 Å². The minimum atomic E-state index is -0.418. The van der Waals surface area contributed by atoms with Gasteiger partial charge in [0.1, 0.15) is 11.5 Å². The highest BCUT2D eigenvalue weighted by atomic mass is 16.5. The van der Waals surface area contributed by atoms with Gasteiger partial charge in [-0.25, -0.2) is 5.43 Å². The van der Waals surface area contributed by atoms with Crippen LogP contribution in [0.5, 0.6) is 11.5 Å². The molecule has 0 bridgehead atoms. The van der Waals surface area contributed by atoms with Crippen LogP contribution in [0.25, 0.3) is 0 Å². The molecule has 104 valence electrons. The second kappa shape index (κ2) is 6.42. The molecule has 2 rings (SSSR count). The molecule has 2 aromatic rings. The number of methoxy groups -OCH3 is 2. The number of hydrogen-bond donors (Lipinski definition) is 1. The van der Waals surface area contributed by atoms with Gasteiger partial charge in [0.05, 0.1) is 26.7 Å². The fourth-order valence-corrected chi connectivity index (χ4v) is 1.55. The van der Waals surface area contributed by atoms with E-state index in [9.17, 15) is 4.79 Å². The Morgan fingerprint density at radius 2 is 2.15 bits per heavy atom. The molecule has 0 fully saturated rings. The van der Waals surface area contributed by atoms with E-state index in [1.807, 2.05) is 0 Å². The molecule has 0 saturated carbocycles. The fraction of sp³-hybridized carbons (Fsp3) is 0.143. The van der Waals surface area contributed by atoms with Crippen LogP contribution in [-0.4, -0.2) is 26.3 Å². The number of carbonyl (C=O) groups excluding carboxylic acids is 1. The van der Waals surface area contributed by atoms with E-state index in [-0.39, 0.29) is 5.76 Å². The van der Waals surface area contributed by atoms with Crippen molar-refractivity contribution in [2.24, 2.45) is 5.10 Å². The summed E-state index contributed by atoms with van der Waals surface area (Å²) in [5.41, 5.74) is 3.08. The molecule has 0 aliphatic rings. The lowest BCUT2D eigenvalue weighted by atomic mass is 10.2. The van der Waals surface area contributed by atoms with E-state index in [1.54, 1.807) is 44.6 Å². The number of benzene rings is 1. The molecule has 1 aromatic heterocycles. The number of nitrogens with zero attached hydrogens (tertiary/aromatic N) is 1. The van der Waals surface area contributed by atoms with Crippen LogP contribution in [0.1, 0.15) is 16.1 Å². The van der Waals surface area contributed by atoms with Crippen LogP contribution in [0.3, 0.4) is 0 Å². The Kier molecular flexibility index (Phi) is 4.39. The quantitative estimate of drug-likeness (QED) is 0.669. The lowest BCUT2D eigenvalue weighted by molar-refractivity contribution is 0.0927. The smallest absolute Gasteiger partial charge is 0.307 e. The van der Waals surface area contributed by atoms with Gasteiger partial charge in [-0.05, 0) is 24.3 Å². The lowest BCUT2D eigenvalue weighted by Gasteiger charge is -2.06. The number of rotatable bonds is 5. The van der Waals surface area contributed by atoms with Crippen molar-refractivity contribution in [2.75, 3.05) is 14.2 Å². The Morgan fingerprint density at radius 3 is 2.80 bits per heavy atom. The third-order valence-corrected chi connectivity index (χ3v) is 2.56. The van der Waals surface area contributed by atoms with Gasteiger partial charge in [-0.2, -0.15) is 5.10 Å². The Hall–Kier alpha value is -2.76. The molecule has 1 heterocycles. The van der Waals surface area contributed by atoms with Crippen molar-refractivity contribution in [2.45, 2.75) is 0 Å². The highest BCUT2D eigenvalue weighted by molar-refractivity contribution is 5.92. The number of ether oxygens (including phenoxy) is 2. The zero-order valence-electron chi connectivity index (χ0n) is 11.1. The molecule has 0 radical (unpaired) electrons. The standard InChI is InChI=1S/C14H14N2O4/c1-18-11-6-5-10(13(8-11)19-2)9-15-16-14(17)12-4-3-7-20-12/h3-9H,1-2H3,(H,16,17). The van der Waals surface area contributed by atoms with Crippen LogP contribution in [0.2, 0.25) is 0 Å². The number of carbonyl (C=O) groups is 1. The molecule has 0 aliphatic carbocycles. The minimum Gasteiger partial charge on any atom is -0.497 e. The molecule has 0 unspecified atom stereocenters. The second-order valence-electron chi connectivity index (χ2n) is 3.78. The summed E-state index contributed by atoms with van der Waals surface area (Å²) in [4.78, 5) is 11.6. The van der Waals surface area contributed by atoms with Crippen molar-refractivity contribution in [3.8, 4) is 11.5 Å². The van der Waals surface area contributed by atoms with E-state index < -0.39 is 5.91 Å². The second-order valence-corrected chi connectivity index (χ2v) is 3.78. The Labute approximate surface area is 116 Å². The molecule has 0 atom stereocenters. The number of nitrogens with one attached hydrogen (secondary N) is 1. The highest BCUT2D eigenvalue weighted by Gasteiger charge is 2.06. The monoisotopic (exact) mass is 274 g/mol. The van der Waals surface area contributed by atoms with E-state index in [4.69, 9.17) is 13.9 Å². The summed E-state index contributed by atoms with van der Waals surface area (Å²) < 4.78 is 15.3. The predicted molar refractivity (Wildman–Crippen MR) is 73.3 cm³/mol. The maximum atomic E-state index is 11.6. The maximum absolute atomic E-state index is 11.6. The predicted octanol–water partition coefficient (Wildman–Crippen LogP) is 2.06. The van der Waals surface area contributed by atoms with E-state index in [2.05, 4.69) is 10.5 Å². The van der Waals surface area contributed by atoms with Crippen LogP contribution >= 0.6 is 0 Å². The van der Waals surface area contributed by atoms with Crippen LogP contribution in [0.15, 0.2) is 46.1 Å². The number of furan rings is 1. The van der Waals surface area contributed by atoms with E-state index in [0.29, 0.717) is 17.1 Å². The Bertz CT molecular complexity index is 606. The zero-order valence-corrected chi connectivity index (χ0v) is 11.1. The van der Waals surface area contributed by atoms with E-state index >= 15 is 0 Å². The number of hydrogen-bond acceptors (Lipinski definition) is 5. The molecular weight excluding hydrogens is 260 g/mol. The SMILES string of the molecule is COc1ccc(C=NNC(=O)c2ccco2)c(OC)c1. The average Bonchev–Trinajstić information content (AvgIpc) is 3.01. The average molecular weight is 274 g/mol. The zero-order chi connectivity index (χ0) is 14.4. The highest BCUT2D eigenvalue weighted by Crippen LogP contribution is 2.22. The first kappa shape index (κ1) is 13.7. The van der Waals surface area contributed by atoms with Crippen molar-refractivity contribution >= 4 is 12.1 Å². The molecule has 1 amide bonds. The van der Waals surface area contributed by atoms with Gasteiger partial charge in [0.15, 0.2) is 5.76 Å². The third-order valence-electron chi connectivity index (χ3n) is 2.56. The third kappa shape index (κ3) is 3.17. The van der Waals surface area contributed by atoms with Crippen molar-refractivity contribution < 1.29 is 18.7 Å². The molecule has 6 heteroatoms. The van der Waals surface area contributed by atoms with Crippen molar-refractivity contribution in [1.82, 2.24) is 5.43 Å². The van der Waals surface area contributed by atoms with Crippen molar-refractivity contribution in [3.05, 3.63) is 47.9 Å². The fourth-order valence-electron chi connectivity index (χ4n) is 1.55. The molecular formula is C14H14N2O4. The van der Waals surface area contributed by atoms with Crippen molar-refractivity contribution in [1.29, 1.82) is 0 Å². The first-order valence-corrected chi connectivity index (χ1v) is 5.83. The summed E-state index contributed by atoms with van der Waals surface area (Å²) >= 11 is 0. The van der Waals surface area contributed by atoms with Gasteiger partial charge >= 0.3 is 5.91 Å². The van der Waals surface area contributed by atoms with Crippen LogP contribution in [0, 0.1) is 0 Å². The summed E-state index contributed by atoms with van der Waals surface area (Å²) in [5, 5.41) is 3.86. The number of amides is 1. The molecule has 6 nitrogen and oxygen atoms in total. The summed E-state index contributed by atoms with van der Waals surface area (Å²) in [6, 6.07) is 8.47. The van der Waals surface area contributed by atoms with Crippen LogP contribution in [-0.2, 0) is 0 Å². The summed E-state index contributed by atoms with van der Waals surface area (Å²) in [5.74, 6) is 1.06. The summed E-state index contributed by atoms with van der Waals surface area (Å²) in [7, 11) is 3.12. The maximum Gasteiger partial charge on any atom is 0.307 e. The molecule has 0 saturated heterocycles. The number of hydrazone groups is 1. The van der Waals surface area contributed by atoms with Gasteiger partial charge in [0.25, 0.3) is 0 Å². The summed E-state index contributed by atoms with van der Waals surface area (Å²) in [6.45, 7) is 0. The molecule has 1 N–H and O–H groups in total. The minimum absolute atomic E-state index is 0.198. The molecule has 0 aliphatic heterocycles. The topological polar surface area (TPSA) is 73.1 Å². The Morgan fingerprint density at radius 1 is 1.30 bits per heavy atom. The van der Waals surface area contributed by atoms with E-state index in [1.165, 1.54) is 12.5 Å². The van der Waals surface area contributed by atoms with E-state index in [0.717, 1.165) is 0 Å². The largest absolute Gasteiger partial charge is 0.497 e. The normalized spacial score (nSPS) is 10.5. The first-order chi connectivity index (χ1) is 9.74. The van der Waals surface area contributed by atoms with Gasteiger partial charge in [0.2, 0.25) is 0 Å². The lowest BCUT2D eigenvalue weighted by Crippen LogP contribution is -2.16. The van der Waals surface area contributed by atoms with Gasteiger partial charge in [-0.1, -0.05) is 0 Å². The van der Waals surface area contributed by atoms with Gasteiger partial charge < -0.3 is 13.9 Å². The first-order valence-electron chi connectivity index (χ1n) is 5.83. The Balaban J connectivity index is 2.06.